The molecular formula is C11H21BO2. The fourth-order valence-electron chi connectivity index (χ4n) is 2.62. The molecule has 3 heteroatoms. The van der Waals surface area contributed by atoms with E-state index in [1.54, 1.807) is 0 Å². The summed E-state index contributed by atoms with van der Waals surface area (Å²) in [5.41, 5.74) is -0.129. The van der Waals surface area contributed by atoms with Crippen LogP contribution in [0.25, 0.3) is 0 Å². The molecule has 0 amide bonds. The molecule has 2 radical (unpaired) electrons. The first kappa shape index (κ1) is 12.1. The van der Waals surface area contributed by atoms with E-state index in [9.17, 15) is 5.11 Å². The predicted molar refractivity (Wildman–Crippen MR) is 58.2 cm³/mol. The van der Waals surface area contributed by atoms with Gasteiger partial charge >= 0.3 is 0 Å². The van der Waals surface area contributed by atoms with Crippen molar-refractivity contribution in [1.29, 1.82) is 0 Å². The molecular weight excluding hydrogens is 175 g/mol. The molecule has 1 rings (SSSR count). The second-order valence-corrected chi connectivity index (χ2v) is 5.02. The Labute approximate surface area is 88.4 Å². The molecule has 80 valence electrons. The molecule has 0 saturated carbocycles. The number of aliphatic hydroxyl groups is 1. The zero-order chi connectivity index (χ0) is 10.9. The van der Waals surface area contributed by atoms with Crippen LogP contribution in [0.4, 0.5) is 0 Å². The van der Waals surface area contributed by atoms with Crippen molar-refractivity contribution < 1.29 is 9.84 Å². The molecule has 1 fully saturated rings. The normalized spacial score (nSPS) is 32.5. The molecule has 0 aromatic heterocycles. The van der Waals surface area contributed by atoms with Gasteiger partial charge in [0.15, 0.2) is 0 Å². The zero-order valence-corrected chi connectivity index (χ0v) is 9.66. The molecule has 1 aliphatic heterocycles. The van der Waals surface area contributed by atoms with E-state index in [1.807, 2.05) is 0 Å². The highest BCUT2D eigenvalue weighted by Gasteiger charge is 2.47. The monoisotopic (exact) mass is 196 g/mol. The van der Waals surface area contributed by atoms with E-state index in [-0.39, 0.29) is 17.5 Å². The Morgan fingerprint density at radius 2 is 1.79 bits per heavy atom. The van der Waals surface area contributed by atoms with Gasteiger partial charge in [-0.15, -0.1) is 0 Å². The van der Waals surface area contributed by atoms with Gasteiger partial charge in [-0.25, -0.2) is 0 Å². The quantitative estimate of drug-likeness (QED) is 0.679. The Morgan fingerprint density at radius 1 is 1.29 bits per heavy atom. The summed E-state index contributed by atoms with van der Waals surface area (Å²) in [6.45, 7) is 9.14. The molecule has 14 heavy (non-hydrogen) atoms. The average molecular weight is 196 g/mol. The first-order valence-corrected chi connectivity index (χ1v) is 5.46. The Bertz CT molecular complexity index is 184. The summed E-state index contributed by atoms with van der Waals surface area (Å²) < 4.78 is 5.50. The Kier molecular flexibility index (Phi) is 3.65. The van der Waals surface area contributed by atoms with Gasteiger partial charge in [-0.05, 0) is 18.3 Å². The fourth-order valence-corrected chi connectivity index (χ4v) is 2.62. The minimum absolute atomic E-state index is 0.129. The minimum atomic E-state index is -0.341. The standard InChI is InChI=1S/C11H21BO2/c1-7(2)11(8(3)4)6-14-10(12)5-9(11)13/h7-10,13H,5-6H2,1-4H3. The van der Waals surface area contributed by atoms with Crippen LogP contribution < -0.4 is 0 Å². The summed E-state index contributed by atoms with van der Waals surface area (Å²) >= 11 is 0. The topological polar surface area (TPSA) is 29.5 Å². The summed E-state index contributed by atoms with van der Waals surface area (Å²) in [4.78, 5) is 0. The smallest absolute Gasteiger partial charge is 0.109 e. The van der Waals surface area contributed by atoms with Crippen molar-refractivity contribution in [3.63, 3.8) is 0 Å². The summed E-state index contributed by atoms with van der Waals surface area (Å²) in [5.74, 6) is 0.815. The number of aliphatic hydroxyl groups excluding tert-OH is 1. The number of hydrogen-bond donors (Lipinski definition) is 1. The molecule has 2 atom stereocenters. The molecule has 2 unspecified atom stereocenters. The Morgan fingerprint density at radius 3 is 2.14 bits per heavy atom. The molecule has 0 bridgehead atoms. The van der Waals surface area contributed by atoms with Gasteiger partial charge in [-0.3, -0.25) is 0 Å². The van der Waals surface area contributed by atoms with Crippen LogP contribution in [0.5, 0.6) is 0 Å². The second kappa shape index (κ2) is 4.24. The van der Waals surface area contributed by atoms with Crippen molar-refractivity contribution in [2.24, 2.45) is 17.3 Å². The molecule has 1 N–H and O–H groups in total. The summed E-state index contributed by atoms with van der Waals surface area (Å²) in [7, 11) is 5.66. The SMILES string of the molecule is [B]C1CC(O)C(C(C)C)(C(C)C)CO1. The maximum atomic E-state index is 10.2. The van der Waals surface area contributed by atoms with Gasteiger partial charge in [0.2, 0.25) is 0 Å². The largest absolute Gasteiger partial charge is 0.392 e. The summed E-state index contributed by atoms with van der Waals surface area (Å²) in [6.07, 6.45) is 0.211. The van der Waals surface area contributed by atoms with Crippen LogP contribution in [0.2, 0.25) is 0 Å². The van der Waals surface area contributed by atoms with Crippen molar-refractivity contribution in [3.8, 4) is 0 Å². The van der Waals surface area contributed by atoms with E-state index in [0.717, 1.165) is 0 Å². The van der Waals surface area contributed by atoms with Gasteiger partial charge < -0.3 is 9.84 Å². The lowest BCUT2D eigenvalue weighted by Crippen LogP contribution is -2.53. The van der Waals surface area contributed by atoms with Gasteiger partial charge in [-0.1, -0.05) is 27.7 Å². The highest BCUT2D eigenvalue weighted by molar-refractivity contribution is 6.11. The maximum Gasteiger partial charge on any atom is 0.109 e. The van der Waals surface area contributed by atoms with E-state index in [1.165, 1.54) is 0 Å². The van der Waals surface area contributed by atoms with Crippen LogP contribution in [0.1, 0.15) is 34.1 Å². The third-order valence-electron chi connectivity index (χ3n) is 3.77. The van der Waals surface area contributed by atoms with Crippen LogP contribution >= 0.6 is 0 Å². The van der Waals surface area contributed by atoms with Crippen LogP contribution in [0, 0.1) is 17.3 Å². The molecule has 2 nitrogen and oxygen atoms in total. The third kappa shape index (κ3) is 1.85. The van der Waals surface area contributed by atoms with Crippen molar-refractivity contribution in [3.05, 3.63) is 0 Å². The fraction of sp³-hybridized carbons (Fsp3) is 1.00. The van der Waals surface area contributed by atoms with E-state index in [0.29, 0.717) is 24.9 Å². The molecule has 0 aliphatic carbocycles. The number of hydrogen-bond acceptors (Lipinski definition) is 2. The van der Waals surface area contributed by atoms with Crippen LogP contribution in [-0.2, 0) is 4.74 Å². The predicted octanol–water partition coefficient (Wildman–Crippen LogP) is 1.56. The van der Waals surface area contributed by atoms with Gasteiger partial charge in [0.05, 0.1) is 12.7 Å². The van der Waals surface area contributed by atoms with Gasteiger partial charge in [0.25, 0.3) is 0 Å². The zero-order valence-electron chi connectivity index (χ0n) is 9.66. The minimum Gasteiger partial charge on any atom is -0.392 e. The summed E-state index contributed by atoms with van der Waals surface area (Å²) in [6, 6.07) is -0.296. The van der Waals surface area contributed by atoms with Crippen LogP contribution in [0.3, 0.4) is 0 Å². The summed E-state index contributed by atoms with van der Waals surface area (Å²) in [5, 5.41) is 10.2. The number of ether oxygens (including phenoxy) is 1. The van der Waals surface area contributed by atoms with Gasteiger partial charge in [-0.2, -0.15) is 0 Å². The second-order valence-electron chi connectivity index (χ2n) is 5.02. The van der Waals surface area contributed by atoms with Crippen LogP contribution in [-0.4, -0.2) is 31.7 Å². The molecule has 0 aromatic rings. The Balaban J connectivity index is 2.87. The number of rotatable bonds is 2. The van der Waals surface area contributed by atoms with Crippen molar-refractivity contribution >= 4 is 7.85 Å². The van der Waals surface area contributed by atoms with E-state index < -0.39 is 0 Å². The average Bonchev–Trinajstić information content (AvgIpc) is 2.02. The van der Waals surface area contributed by atoms with Gasteiger partial charge in [0.1, 0.15) is 7.85 Å². The first-order chi connectivity index (χ1) is 6.41. The lowest BCUT2D eigenvalue weighted by atomic mass is 9.62. The lowest BCUT2D eigenvalue weighted by molar-refractivity contribution is -0.155. The maximum absolute atomic E-state index is 10.2. The van der Waals surface area contributed by atoms with Crippen LogP contribution in [0.15, 0.2) is 0 Å². The van der Waals surface area contributed by atoms with E-state index in [2.05, 4.69) is 27.7 Å². The van der Waals surface area contributed by atoms with Crippen molar-refractivity contribution in [2.45, 2.75) is 46.2 Å². The molecule has 0 spiro atoms. The van der Waals surface area contributed by atoms with Crippen molar-refractivity contribution in [1.82, 2.24) is 0 Å². The lowest BCUT2D eigenvalue weighted by Gasteiger charge is -2.49. The molecule has 1 aliphatic rings. The third-order valence-corrected chi connectivity index (χ3v) is 3.77. The first-order valence-electron chi connectivity index (χ1n) is 5.46. The molecule has 1 saturated heterocycles. The van der Waals surface area contributed by atoms with Gasteiger partial charge in [0, 0.05) is 11.4 Å². The molecule has 0 aromatic carbocycles. The highest BCUT2D eigenvalue weighted by atomic mass is 16.5. The van der Waals surface area contributed by atoms with E-state index in [4.69, 9.17) is 12.6 Å². The Hall–Kier alpha value is -0.0151. The van der Waals surface area contributed by atoms with Crippen molar-refractivity contribution in [2.75, 3.05) is 6.61 Å². The molecule has 1 heterocycles. The van der Waals surface area contributed by atoms with E-state index >= 15 is 0 Å². The highest BCUT2D eigenvalue weighted by Crippen LogP contribution is 2.43.